The molecule has 7 heteroatoms. The van der Waals surface area contributed by atoms with E-state index in [1.165, 1.54) is 0 Å². The summed E-state index contributed by atoms with van der Waals surface area (Å²) < 4.78 is 14.8. The number of phosphoric acid groups is 1. The van der Waals surface area contributed by atoms with Crippen molar-refractivity contribution in [2.75, 3.05) is 34.3 Å². The Morgan fingerprint density at radius 1 is 1.50 bits per heavy atom. The monoisotopic (exact) mass is 200 g/mol. The van der Waals surface area contributed by atoms with Gasteiger partial charge in [-0.15, -0.1) is 0 Å². The highest BCUT2D eigenvalue weighted by molar-refractivity contribution is 7.44. The van der Waals surface area contributed by atoms with E-state index in [0.29, 0.717) is 11.0 Å². The fourth-order valence-electron chi connectivity index (χ4n) is 0.430. The molecular formula is C5H17N2O4P. The predicted molar refractivity (Wildman–Crippen MR) is 43.7 cm³/mol. The molecule has 0 fully saturated rings. The second-order valence-electron chi connectivity index (χ2n) is 3.32. The normalized spacial score (nSPS) is 16.4. The van der Waals surface area contributed by atoms with Gasteiger partial charge in [0.2, 0.25) is 0 Å². The minimum Gasteiger partial charge on any atom is -0.756 e. The molecule has 0 radical (unpaired) electrons. The van der Waals surface area contributed by atoms with Crippen molar-refractivity contribution in [1.29, 1.82) is 0 Å². The van der Waals surface area contributed by atoms with E-state index in [4.69, 9.17) is 4.89 Å². The van der Waals surface area contributed by atoms with Crippen LogP contribution in [0.1, 0.15) is 0 Å². The molecule has 76 valence electrons. The van der Waals surface area contributed by atoms with Gasteiger partial charge in [-0.2, -0.15) is 0 Å². The molecule has 0 aliphatic heterocycles. The lowest BCUT2D eigenvalue weighted by Crippen LogP contribution is -2.37. The molecular weight excluding hydrogens is 183 g/mol. The fraction of sp³-hybridized carbons (Fsp3) is 1.00. The molecule has 0 aromatic carbocycles. The predicted octanol–water partition coefficient (Wildman–Crippen LogP) is -0.668. The zero-order valence-corrected chi connectivity index (χ0v) is 8.58. The first-order valence-electron chi connectivity index (χ1n) is 3.19. The summed E-state index contributed by atoms with van der Waals surface area (Å²) in [6.07, 6.45) is 0. The van der Waals surface area contributed by atoms with Gasteiger partial charge in [-0.25, -0.2) is 0 Å². The van der Waals surface area contributed by atoms with Crippen molar-refractivity contribution in [2.45, 2.75) is 0 Å². The van der Waals surface area contributed by atoms with E-state index < -0.39 is 7.82 Å². The standard InChI is InChI=1S/C5H14NO4P.H3N/c1-6(2,3)4-5-10-11(7,8)9;/h4-5H2,1-3H3,(H-,7,8,9);1H3. The van der Waals surface area contributed by atoms with Gasteiger partial charge in [0, 0.05) is 0 Å². The maximum Gasteiger partial charge on any atom is 0.265 e. The van der Waals surface area contributed by atoms with Crippen LogP contribution in [-0.4, -0.2) is 43.7 Å². The topological polar surface area (TPSA) is 105 Å². The highest BCUT2D eigenvalue weighted by Gasteiger charge is 2.08. The Kier molecular flexibility index (Phi) is 5.96. The Labute approximate surface area is 72.6 Å². The number of likely N-dealkylation sites (N-methyl/N-ethyl adjacent to an activating group) is 1. The summed E-state index contributed by atoms with van der Waals surface area (Å²) in [5, 5.41) is 0. The van der Waals surface area contributed by atoms with Crippen LogP contribution in [0.4, 0.5) is 0 Å². The maximum absolute atomic E-state index is 10.1. The molecule has 0 bridgehead atoms. The molecule has 0 aliphatic rings. The van der Waals surface area contributed by atoms with E-state index in [1.54, 1.807) is 0 Å². The molecule has 6 nitrogen and oxygen atoms in total. The Bertz CT molecular complexity index is 161. The number of hydrogen-bond acceptors (Lipinski definition) is 4. The van der Waals surface area contributed by atoms with E-state index in [1.807, 2.05) is 21.1 Å². The minimum absolute atomic E-state index is 0. The molecule has 0 saturated heterocycles. The van der Waals surface area contributed by atoms with Gasteiger partial charge in [0.25, 0.3) is 7.82 Å². The van der Waals surface area contributed by atoms with Crippen LogP contribution in [0.3, 0.4) is 0 Å². The third-order valence-electron chi connectivity index (χ3n) is 1.02. The molecule has 0 aliphatic carbocycles. The number of quaternary nitrogens is 1. The quantitative estimate of drug-likeness (QED) is 0.462. The van der Waals surface area contributed by atoms with Gasteiger partial charge in [0.05, 0.1) is 21.1 Å². The molecule has 0 amide bonds. The van der Waals surface area contributed by atoms with Gasteiger partial charge in [-0.1, -0.05) is 0 Å². The summed E-state index contributed by atoms with van der Waals surface area (Å²) in [7, 11) is 1.19. The average Bonchev–Trinajstić information content (AvgIpc) is 1.55. The Morgan fingerprint density at radius 2 is 1.92 bits per heavy atom. The molecule has 0 aromatic rings. The van der Waals surface area contributed by atoms with Gasteiger partial charge < -0.3 is 24.9 Å². The molecule has 0 rings (SSSR count). The van der Waals surface area contributed by atoms with Crippen molar-refractivity contribution in [3.63, 3.8) is 0 Å². The molecule has 0 heterocycles. The molecule has 1 atom stereocenters. The summed E-state index contributed by atoms with van der Waals surface area (Å²) in [5.74, 6) is 0. The van der Waals surface area contributed by atoms with Gasteiger partial charge in [-0.05, 0) is 0 Å². The molecule has 4 N–H and O–H groups in total. The highest BCUT2D eigenvalue weighted by Crippen LogP contribution is 2.29. The number of nitrogens with zero attached hydrogens (tertiary/aromatic N) is 1. The minimum atomic E-state index is -4.51. The first kappa shape index (κ1) is 14.5. The smallest absolute Gasteiger partial charge is 0.265 e. The molecule has 12 heavy (non-hydrogen) atoms. The van der Waals surface area contributed by atoms with Crippen LogP contribution in [0.25, 0.3) is 0 Å². The van der Waals surface area contributed by atoms with Gasteiger partial charge in [0.1, 0.15) is 13.2 Å². The third-order valence-corrected chi connectivity index (χ3v) is 1.53. The summed E-state index contributed by atoms with van der Waals surface area (Å²) in [6, 6.07) is 0. The van der Waals surface area contributed by atoms with Crippen LogP contribution in [0, 0.1) is 0 Å². The van der Waals surface area contributed by atoms with Crippen LogP contribution in [0.2, 0.25) is 0 Å². The zero-order valence-electron chi connectivity index (χ0n) is 7.69. The zero-order chi connectivity index (χ0) is 9.12. The van der Waals surface area contributed by atoms with Crippen molar-refractivity contribution in [3.05, 3.63) is 0 Å². The first-order valence-corrected chi connectivity index (χ1v) is 4.69. The number of phosphoric ester groups is 1. The van der Waals surface area contributed by atoms with Gasteiger partial charge in [0.15, 0.2) is 0 Å². The second kappa shape index (κ2) is 4.91. The maximum atomic E-state index is 10.1. The number of hydrogen-bond donors (Lipinski definition) is 2. The van der Waals surface area contributed by atoms with Crippen LogP contribution in [0.15, 0.2) is 0 Å². The largest absolute Gasteiger partial charge is 0.756 e. The Balaban J connectivity index is 0. The van der Waals surface area contributed by atoms with Crippen molar-refractivity contribution >= 4 is 7.82 Å². The van der Waals surface area contributed by atoms with Crippen molar-refractivity contribution < 1.29 is 23.4 Å². The lowest BCUT2D eigenvalue weighted by Gasteiger charge is -2.25. The van der Waals surface area contributed by atoms with Gasteiger partial charge >= 0.3 is 0 Å². The van der Waals surface area contributed by atoms with Crippen molar-refractivity contribution in [2.24, 2.45) is 0 Å². The van der Waals surface area contributed by atoms with Crippen LogP contribution in [0.5, 0.6) is 0 Å². The molecule has 1 unspecified atom stereocenters. The van der Waals surface area contributed by atoms with E-state index in [-0.39, 0.29) is 12.8 Å². The van der Waals surface area contributed by atoms with Crippen molar-refractivity contribution in [3.8, 4) is 0 Å². The summed E-state index contributed by atoms with van der Waals surface area (Å²) in [5.41, 5.74) is 0. The Morgan fingerprint density at radius 3 is 2.17 bits per heavy atom. The Hall–Kier alpha value is 0.0300. The van der Waals surface area contributed by atoms with Crippen LogP contribution < -0.4 is 11.0 Å². The number of rotatable bonds is 4. The highest BCUT2D eigenvalue weighted by atomic mass is 31.2. The van der Waals surface area contributed by atoms with Crippen LogP contribution >= 0.6 is 7.82 Å². The fourth-order valence-corrected chi connectivity index (χ4v) is 0.742. The summed E-state index contributed by atoms with van der Waals surface area (Å²) in [4.78, 5) is 18.3. The van der Waals surface area contributed by atoms with E-state index in [0.717, 1.165) is 0 Å². The second-order valence-corrected chi connectivity index (χ2v) is 4.51. The first-order chi connectivity index (χ1) is 4.71. The lowest BCUT2D eigenvalue weighted by atomic mass is 10.5. The summed E-state index contributed by atoms with van der Waals surface area (Å²) >= 11 is 0. The van der Waals surface area contributed by atoms with Crippen molar-refractivity contribution in [1.82, 2.24) is 6.15 Å². The van der Waals surface area contributed by atoms with E-state index in [2.05, 4.69) is 4.52 Å². The van der Waals surface area contributed by atoms with Gasteiger partial charge in [-0.3, -0.25) is 4.57 Å². The molecule has 0 spiro atoms. The summed E-state index contributed by atoms with van der Waals surface area (Å²) in [6.45, 7) is 0.549. The van der Waals surface area contributed by atoms with Crippen LogP contribution in [-0.2, 0) is 9.09 Å². The average molecular weight is 200 g/mol. The molecule has 0 aromatic heterocycles. The molecule has 0 saturated carbocycles. The lowest BCUT2D eigenvalue weighted by molar-refractivity contribution is -0.870. The van der Waals surface area contributed by atoms with E-state index in [9.17, 15) is 9.46 Å². The van der Waals surface area contributed by atoms with E-state index >= 15 is 0 Å². The SMILES string of the molecule is C[N+](C)(C)CCOP(=O)([O-])O.N. The third kappa shape index (κ3) is 12.7.